The first-order chi connectivity index (χ1) is 7.33. The first kappa shape index (κ1) is 10.5. The minimum atomic E-state index is 0.775. The molecule has 1 aromatic carbocycles. The summed E-state index contributed by atoms with van der Waals surface area (Å²) in [5, 5.41) is 3.52. The average molecular weight is 205 g/mol. The van der Waals surface area contributed by atoms with E-state index in [2.05, 4.69) is 30.4 Å². The molecule has 0 heterocycles. The standard InChI is InChI=1S/C13H19NO/c1-3-11-8-10(4-7-13(11)15-2)9-14-12-5-6-12/h4,7-8,12,14H,3,5-6,9H2,1-2H3. The van der Waals surface area contributed by atoms with Crippen molar-refractivity contribution in [2.45, 2.75) is 38.8 Å². The minimum Gasteiger partial charge on any atom is -0.496 e. The topological polar surface area (TPSA) is 21.3 Å². The Labute approximate surface area is 91.6 Å². The van der Waals surface area contributed by atoms with Gasteiger partial charge in [-0.2, -0.15) is 0 Å². The third-order valence-corrected chi connectivity index (χ3v) is 2.90. The van der Waals surface area contributed by atoms with Gasteiger partial charge in [-0.25, -0.2) is 0 Å². The lowest BCUT2D eigenvalue weighted by atomic mass is 10.1. The Bertz CT molecular complexity index is 331. The van der Waals surface area contributed by atoms with Crippen molar-refractivity contribution in [3.63, 3.8) is 0 Å². The first-order valence-electron chi connectivity index (χ1n) is 5.72. The van der Waals surface area contributed by atoms with Crippen LogP contribution in [0, 0.1) is 0 Å². The van der Waals surface area contributed by atoms with E-state index in [-0.39, 0.29) is 0 Å². The Morgan fingerprint density at radius 1 is 1.40 bits per heavy atom. The number of rotatable bonds is 5. The number of ether oxygens (including phenoxy) is 1. The van der Waals surface area contributed by atoms with E-state index in [0.717, 1.165) is 24.8 Å². The Balaban J connectivity index is 2.03. The van der Waals surface area contributed by atoms with Crippen LogP contribution >= 0.6 is 0 Å². The summed E-state index contributed by atoms with van der Waals surface area (Å²) < 4.78 is 5.31. The molecular formula is C13H19NO. The maximum absolute atomic E-state index is 5.31. The molecule has 0 aromatic heterocycles. The van der Waals surface area contributed by atoms with E-state index in [0.29, 0.717) is 0 Å². The predicted octanol–water partition coefficient (Wildman–Crippen LogP) is 2.51. The summed E-state index contributed by atoms with van der Waals surface area (Å²) in [5.74, 6) is 1.01. The molecule has 15 heavy (non-hydrogen) atoms. The fourth-order valence-corrected chi connectivity index (χ4v) is 1.77. The molecule has 0 saturated heterocycles. The average Bonchev–Trinajstić information content (AvgIpc) is 3.09. The van der Waals surface area contributed by atoms with Gasteiger partial charge in [-0.3, -0.25) is 0 Å². The normalized spacial score (nSPS) is 15.3. The summed E-state index contributed by atoms with van der Waals surface area (Å²) in [4.78, 5) is 0. The fraction of sp³-hybridized carbons (Fsp3) is 0.538. The van der Waals surface area contributed by atoms with Crippen LogP contribution in [0.25, 0.3) is 0 Å². The third-order valence-electron chi connectivity index (χ3n) is 2.90. The van der Waals surface area contributed by atoms with Crippen LogP contribution < -0.4 is 10.1 Å². The maximum atomic E-state index is 5.31. The van der Waals surface area contributed by atoms with Crippen LogP contribution in [0.5, 0.6) is 5.75 Å². The number of benzene rings is 1. The molecule has 82 valence electrons. The van der Waals surface area contributed by atoms with Crippen molar-refractivity contribution in [1.82, 2.24) is 5.32 Å². The molecule has 0 unspecified atom stereocenters. The summed E-state index contributed by atoms with van der Waals surface area (Å²) in [5.41, 5.74) is 2.66. The molecule has 0 spiro atoms. The van der Waals surface area contributed by atoms with Gasteiger partial charge in [-0.15, -0.1) is 0 Å². The van der Waals surface area contributed by atoms with Crippen molar-refractivity contribution in [1.29, 1.82) is 0 Å². The summed E-state index contributed by atoms with van der Waals surface area (Å²) in [6.45, 7) is 3.15. The zero-order valence-electron chi connectivity index (χ0n) is 9.55. The largest absolute Gasteiger partial charge is 0.496 e. The highest BCUT2D eigenvalue weighted by Gasteiger charge is 2.19. The van der Waals surface area contributed by atoms with Gasteiger partial charge in [0.2, 0.25) is 0 Å². The molecule has 0 bridgehead atoms. The van der Waals surface area contributed by atoms with Crippen LogP contribution in [0.1, 0.15) is 30.9 Å². The van der Waals surface area contributed by atoms with Crippen LogP contribution in [-0.2, 0) is 13.0 Å². The van der Waals surface area contributed by atoms with Gasteiger partial charge in [-0.05, 0) is 36.5 Å². The Morgan fingerprint density at radius 3 is 2.80 bits per heavy atom. The molecule has 0 amide bonds. The molecule has 2 heteroatoms. The molecule has 0 atom stereocenters. The second kappa shape index (κ2) is 4.67. The van der Waals surface area contributed by atoms with Gasteiger partial charge < -0.3 is 10.1 Å². The van der Waals surface area contributed by atoms with Crippen molar-refractivity contribution in [2.24, 2.45) is 0 Å². The van der Waals surface area contributed by atoms with Crippen molar-refractivity contribution >= 4 is 0 Å². The zero-order valence-corrected chi connectivity index (χ0v) is 9.55. The molecule has 0 radical (unpaired) electrons. The fourth-order valence-electron chi connectivity index (χ4n) is 1.77. The molecule has 2 rings (SSSR count). The minimum absolute atomic E-state index is 0.775. The van der Waals surface area contributed by atoms with E-state index in [1.807, 2.05) is 0 Å². The highest BCUT2D eigenvalue weighted by molar-refractivity contribution is 5.37. The van der Waals surface area contributed by atoms with Gasteiger partial charge >= 0.3 is 0 Å². The molecule has 1 fully saturated rings. The van der Waals surface area contributed by atoms with E-state index in [1.165, 1.54) is 24.0 Å². The van der Waals surface area contributed by atoms with E-state index in [4.69, 9.17) is 4.74 Å². The van der Waals surface area contributed by atoms with Crippen molar-refractivity contribution in [2.75, 3.05) is 7.11 Å². The highest BCUT2D eigenvalue weighted by atomic mass is 16.5. The van der Waals surface area contributed by atoms with Gasteiger partial charge in [0, 0.05) is 12.6 Å². The van der Waals surface area contributed by atoms with E-state index >= 15 is 0 Å². The second-order valence-corrected chi connectivity index (χ2v) is 4.15. The van der Waals surface area contributed by atoms with Crippen LogP contribution in [0.4, 0.5) is 0 Å². The Morgan fingerprint density at radius 2 is 2.20 bits per heavy atom. The molecule has 1 aromatic rings. The van der Waals surface area contributed by atoms with Crippen molar-refractivity contribution < 1.29 is 4.74 Å². The Hall–Kier alpha value is -1.02. The Kier molecular flexibility index (Phi) is 3.27. The maximum Gasteiger partial charge on any atom is 0.122 e. The lowest BCUT2D eigenvalue weighted by Crippen LogP contribution is -2.15. The summed E-state index contributed by atoms with van der Waals surface area (Å²) >= 11 is 0. The molecule has 2 nitrogen and oxygen atoms in total. The highest BCUT2D eigenvalue weighted by Crippen LogP contribution is 2.22. The van der Waals surface area contributed by atoms with Gasteiger partial charge in [0.15, 0.2) is 0 Å². The summed E-state index contributed by atoms with van der Waals surface area (Å²) in [6.07, 6.45) is 3.72. The second-order valence-electron chi connectivity index (χ2n) is 4.15. The number of hydrogen-bond donors (Lipinski definition) is 1. The number of nitrogens with one attached hydrogen (secondary N) is 1. The zero-order chi connectivity index (χ0) is 10.7. The third kappa shape index (κ3) is 2.72. The summed E-state index contributed by atoms with van der Waals surface area (Å²) in [6, 6.07) is 7.24. The molecule has 1 aliphatic rings. The van der Waals surface area contributed by atoms with Gasteiger partial charge in [-0.1, -0.05) is 19.1 Å². The molecular weight excluding hydrogens is 186 g/mol. The van der Waals surface area contributed by atoms with Crippen molar-refractivity contribution in [3.05, 3.63) is 29.3 Å². The van der Waals surface area contributed by atoms with E-state index in [1.54, 1.807) is 7.11 Å². The lowest BCUT2D eigenvalue weighted by Gasteiger charge is -2.09. The lowest BCUT2D eigenvalue weighted by molar-refractivity contribution is 0.410. The van der Waals surface area contributed by atoms with Gasteiger partial charge in [0.1, 0.15) is 5.75 Å². The molecule has 1 N–H and O–H groups in total. The monoisotopic (exact) mass is 205 g/mol. The van der Waals surface area contributed by atoms with Crippen molar-refractivity contribution in [3.8, 4) is 5.75 Å². The van der Waals surface area contributed by atoms with Crippen LogP contribution in [0.2, 0.25) is 0 Å². The first-order valence-corrected chi connectivity index (χ1v) is 5.72. The number of hydrogen-bond acceptors (Lipinski definition) is 2. The van der Waals surface area contributed by atoms with E-state index in [9.17, 15) is 0 Å². The van der Waals surface area contributed by atoms with Gasteiger partial charge in [0.05, 0.1) is 7.11 Å². The number of methoxy groups -OCH3 is 1. The molecule has 1 saturated carbocycles. The van der Waals surface area contributed by atoms with E-state index < -0.39 is 0 Å². The van der Waals surface area contributed by atoms with Crippen LogP contribution in [0.15, 0.2) is 18.2 Å². The quantitative estimate of drug-likeness (QED) is 0.797. The van der Waals surface area contributed by atoms with Gasteiger partial charge in [0.25, 0.3) is 0 Å². The predicted molar refractivity (Wildman–Crippen MR) is 62.2 cm³/mol. The SMILES string of the molecule is CCc1cc(CNC2CC2)ccc1OC. The van der Waals surface area contributed by atoms with Crippen LogP contribution in [0.3, 0.4) is 0 Å². The summed E-state index contributed by atoms with van der Waals surface area (Å²) in [7, 11) is 1.73. The number of aryl methyl sites for hydroxylation is 1. The molecule has 0 aliphatic heterocycles. The molecule has 1 aliphatic carbocycles. The van der Waals surface area contributed by atoms with Crippen LogP contribution in [-0.4, -0.2) is 13.2 Å². The smallest absolute Gasteiger partial charge is 0.122 e.